The van der Waals surface area contributed by atoms with Crippen LogP contribution in [0.1, 0.15) is 27.2 Å². The molecule has 0 aromatic rings. The van der Waals surface area contributed by atoms with Gasteiger partial charge in [0.15, 0.2) is 11.6 Å². The molecule has 7 heteroatoms. The number of phosphoric acid groups is 1. The highest BCUT2D eigenvalue weighted by Gasteiger charge is 2.49. The lowest BCUT2D eigenvalue weighted by molar-refractivity contribution is -0.145. The van der Waals surface area contributed by atoms with Gasteiger partial charge in [0.05, 0.1) is 0 Å². The Labute approximate surface area is 106 Å². The predicted octanol–water partition coefficient (Wildman–Crippen LogP) is 1.53. The Morgan fingerprint density at radius 1 is 1.17 bits per heavy atom. The van der Waals surface area contributed by atoms with Crippen molar-refractivity contribution in [2.24, 2.45) is 0 Å². The van der Waals surface area contributed by atoms with Crippen molar-refractivity contribution in [1.29, 1.82) is 0 Å². The number of hydrogen-bond donors (Lipinski definition) is 2. The molecule has 18 heavy (non-hydrogen) atoms. The molecule has 0 saturated carbocycles. The van der Waals surface area contributed by atoms with Crippen molar-refractivity contribution in [3.05, 3.63) is 24.3 Å². The van der Waals surface area contributed by atoms with Gasteiger partial charge in [-0.05, 0) is 31.4 Å². The SMILES string of the molecule is C=C(C)C(=O)C(CC)(OP(=O)(O)O)C(=O)C(=C)C. The molecule has 0 fully saturated rings. The molecule has 0 bridgehead atoms. The Morgan fingerprint density at radius 3 is 1.67 bits per heavy atom. The molecule has 2 N–H and O–H groups in total. The summed E-state index contributed by atoms with van der Waals surface area (Å²) < 4.78 is 15.4. The van der Waals surface area contributed by atoms with E-state index < -0.39 is 25.0 Å². The third kappa shape index (κ3) is 3.71. The Kier molecular flexibility index (Phi) is 5.37. The summed E-state index contributed by atoms with van der Waals surface area (Å²) in [5.74, 6) is -1.72. The maximum absolute atomic E-state index is 12.0. The summed E-state index contributed by atoms with van der Waals surface area (Å²) >= 11 is 0. The standard InChI is InChI=1S/C11H17O6P/c1-6-11(9(12)7(2)3,10(13)8(4)5)17-18(14,15)16/h2,4,6H2,1,3,5H3,(H2,14,15,16). The van der Waals surface area contributed by atoms with Crippen molar-refractivity contribution in [1.82, 2.24) is 0 Å². The molecule has 102 valence electrons. The molecule has 0 rings (SSSR count). The first-order valence-corrected chi connectivity index (χ1v) is 6.68. The molecule has 0 aromatic heterocycles. The van der Waals surface area contributed by atoms with E-state index in [1.165, 1.54) is 20.8 Å². The fourth-order valence-corrected chi connectivity index (χ4v) is 2.17. The second kappa shape index (κ2) is 5.71. The van der Waals surface area contributed by atoms with Gasteiger partial charge in [-0.1, -0.05) is 20.1 Å². The van der Waals surface area contributed by atoms with E-state index in [1.807, 2.05) is 0 Å². The summed E-state index contributed by atoms with van der Waals surface area (Å²) in [6, 6.07) is 0. The van der Waals surface area contributed by atoms with Gasteiger partial charge < -0.3 is 9.79 Å². The molecule has 0 saturated heterocycles. The molecule has 0 aliphatic carbocycles. The number of ketones is 2. The van der Waals surface area contributed by atoms with Crippen LogP contribution in [0, 0.1) is 0 Å². The zero-order valence-corrected chi connectivity index (χ0v) is 11.5. The summed E-state index contributed by atoms with van der Waals surface area (Å²) in [6.45, 7) is 10.8. The second-order valence-corrected chi connectivity index (χ2v) is 5.15. The smallest absolute Gasteiger partial charge is 0.303 e. The number of phosphoric ester groups is 1. The molecule has 0 amide bonds. The van der Waals surface area contributed by atoms with Crippen LogP contribution in [-0.2, 0) is 18.7 Å². The molecule has 0 unspecified atom stereocenters. The lowest BCUT2D eigenvalue weighted by Gasteiger charge is -2.29. The fraction of sp³-hybridized carbons (Fsp3) is 0.455. The van der Waals surface area contributed by atoms with E-state index in [1.54, 1.807) is 0 Å². The van der Waals surface area contributed by atoms with Crippen molar-refractivity contribution < 1.29 is 28.5 Å². The maximum Gasteiger partial charge on any atom is 0.471 e. The minimum Gasteiger partial charge on any atom is -0.303 e. The summed E-state index contributed by atoms with van der Waals surface area (Å²) in [6.07, 6.45) is -0.227. The molecule has 0 radical (unpaired) electrons. The first-order chi connectivity index (χ1) is 7.98. The van der Waals surface area contributed by atoms with Gasteiger partial charge in [-0.25, -0.2) is 4.57 Å². The third-order valence-corrected chi connectivity index (χ3v) is 2.83. The largest absolute Gasteiger partial charge is 0.471 e. The molecule has 0 aliphatic rings. The highest BCUT2D eigenvalue weighted by Crippen LogP contribution is 2.44. The molecule has 0 aromatic carbocycles. The number of hydrogen-bond acceptors (Lipinski definition) is 4. The molecule has 6 nitrogen and oxygen atoms in total. The van der Waals surface area contributed by atoms with Gasteiger partial charge >= 0.3 is 7.82 Å². The van der Waals surface area contributed by atoms with Crippen LogP contribution >= 0.6 is 7.82 Å². The lowest BCUT2D eigenvalue weighted by atomic mass is 9.84. The van der Waals surface area contributed by atoms with Gasteiger partial charge in [-0.15, -0.1) is 0 Å². The first kappa shape index (κ1) is 16.9. The molecule has 0 atom stereocenters. The van der Waals surface area contributed by atoms with Crippen LogP contribution in [0.4, 0.5) is 0 Å². The first-order valence-electron chi connectivity index (χ1n) is 5.15. The van der Waals surface area contributed by atoms with Crippen LogP contribution < -0.4 is 0 Å². The molecule has 0 spiro atoms. The number of carbonyl (C=O) groups is 2. The summed E-state index contributed by atoms with van der Waals surface area (Å²) in [5.41, 5.74) is -2.31. The summed E-state index contributed by atoms with van der Waals surface area (Å²) in [7, 11) is -5.01. The highest BCUT2D eigenvalue weighted by atomic mass is 31.2. The van der Waals surface area contributed by atoms with Crippen LogP contribution in [0.3, 0.4) is 0 Å². The van der Waals surface area contributed by atoms with Crippen LogP contribution in [0.2, 0.25) is 0 Å². The minimum absolute atomic E-state index is 0.0279. The normalized spacial score (nSPS) is 12.1. The maximum atomic E-state index is 12.0. The molecular formula is C11H17O6P. The second-order valence-electron chi connectivity index (χ2n) is 3.98. The number of Topliss-reactive ketones (excluding diaryl/α,β-unsaturated/α-hetero) is 2. The van der Waals surface area contributed by atoms with E-state index in [4.69, 9.17) is 9.79 Å². The van der Waals surface area contributed by atoms with E-state index in [-0.39, 0.29) is 17.6 Å². The molecule has 0 heterocycles. The van der Waals surface area contributed by atoms with Crippen molar-refractivity contribution >= 4 is 19.4 Å². The minimum atomic E-state index is -5.01. The summed E-state index contributed by atoms with van der Waals surface area (Å²) in [4.78, 5) is 41.7. The van der Waals surface area contributed by atoms with Crippen molar-refractivity contribution in [3.8, 4) is 0 Å². The Hall–Kier alpha value is -1.07. The average Bonchev–Trinajstić information content (AvgIpc) is 2.22. The molecule has 0 aliphatic heterocycles. The topological polar surface area (TPSA) is 101 Å². The van der Waals surface area contributed by atoms with Gasteiger partial charge in [0.1, 0.15) is 0 Å². The third-order valence-electron chi connectivity index (χ3n) is 2.28. The van der Waals surface area contributed by atoms with Gasteiger partial charge in [-0.3, -0.25) is 14.1 Å². The van der Waals surface area contributed by atoms with Crippen molar-refractivity contribution in [3.63, 3.8) is 0 Å². The number of carbonyl (C=O) groups excluding carboxylic acids is 2. The zero-order valence-electron chi connectivity index (χ0n) is 10.6. The Balaban J connectivity index is 5.85. The van der Waals surface area contributed by atoms with Crippen molar-refractivity contribution in [2.45, 2.75) is 32.8 Å². The van der Waals surface area contributed by atoms with Gasteiger partial charge in [0.2, 0.25) is 5.60 Å². The van der Waals surface area contributed by atoms with E-state index in [2.05, 4.69) is 17.7 Å². The summed E-state index contributed by atoms with van der Waals surface area (Å²) in [5, 5.41) is 0. The zero-order chi connectivity index (χ0) is 14.7. The van der Waals surface area contributed by atoms with Crippen LogP contribution in [0.25, 0.3) is 0 Å². The van der Waals surface area contributed by atoms with E-state index in [9.17, 15) is 14.2 Å². The molecular weight excluding hydrogens is 259 g/mol. The van der Waals surface area contributed by atoms with E-state index >= 15 is 0 Å². The fourth-order valence-electron chi connectivity index (χ4n) is 1.46. The van der Waals surface area contributed by atoms with E-state index in [0.717, 1.165) is 0 Å². The van der Waals surface area contributed by atoms with Crippen LogP contribution in [-0.4, -0.2) is 27.0 Å². The highest BCUT2D eigenvalue weighted by molar-refractivity contribution is 7.46. The Bertz CT molecular complexity index is 418. The van der Waals surface area contributed by atoms with Crippen LogP contribution in [0.5, 0.6) is 0 Å². The lowest BCUT2D eigenvalue weighted by Crippen LogP contribution is -2.48. The monoisotopic (exact) mass is 276 g/mol. The number of rotatable bonds is 7. The quantitative estimate of drug-likeness (QED) is 0.415. The van der Waals surface area contributed by atoms with Crippen molar-refractivity contribution in [2.75, 3.05) is 0 Å². The van der Waals surface area contributed by atoms with Gasteiger partial charge in [-0.2, -0.15) is 0 Å². The Morgan fingerprint density at radius 2 is 1.50 bits per heavy atom. The predicted molar refractivity (Wildman–Crippen MR) is 65.8 cm³/mol. The van der Waals surface area contributed by atoms with Gasteiger partial charge in [0.25, 0.3) is 0 Å². The van der Waals surface area contributed by atoms with Gasteiger partial charge in [0, 0.05) is 0 Å². The van der Waals surface area contributed by atoms with Crippen LogP contribution in [0.15, 0.2) is 24.3 Å². The van der Waals surface area contributed by atoms with E-state index in [0.29, 0.717) is 0 Å². The average molecular weight is 276 g/mol.